The molecule has 7 nitrogen and oxygen atoms in total. The second-order valence-corrected chi connectivity index (χ2v) is 6.77. The predicted molar refractivity (Wildman–Crippen MR) is 85.9 cm³/mol. The number of nitrogens with one attached hydrogen (secondary N) is 3. The summed E-state index contributed by atoms with van der Waals surface area (Å²) >= 11 is 0. The molecule has 0 aromatic carbocycles. The lowest BCUT2D eigenvalue weighted by molar-refractivity contribution is -0.138. The van der Waals surface area contributed by atoms with E-state index >= 15 is 0 Å². The fraction of sp³-hybridized carbons (Fsp3) is 0.875. The van der Waals surface area contributed by atoms with Crippen LogP contribution in [0.4, 0.5) is 0 Å². The first-order chi connectivity index (χ1) is 11.2. The minimum atomic E-state index is -0.209. The first-order valence-electron chi connectivity index (χ1n) is 8.85. The maximum Gasteiger partial charge on any atom is 0.242 e. The zero-order valence-electron chi connectivity index (χ0n) is 13.7. The van der Waals surface area contributed by atoms with Crippen molar-refractivity contribution in [2.45, 2.75) is 37.8 Å². The van der Waals surface area contributed by atoms with Gasteiger partial charge in [0.1, 0.15) is 6.04 Å². The summed E-state index contributed by atoms with van der Waals surface area (Å²) in [6.07, 6.45) is 4.06. The minimum Gasteiger partial charge on any atom is -0.378 e. The lowest BCUT2D eigenvalue weighted by atomic mass is 9.97. The number of ether oxygens (including phenoxy) is 1. The van der Waals surface area contributed by atoms with Gasteiger partial charge < -0.3 is 25.6 Å². The first-order valence-corrected chi connectivity index (χ1v) is 8.85. The van der Waals surface area contributed by atoms with Crippen LogP contribution in [-0.4, -0.2) is 74.7 Å². The van der Waals surface area contributed by atoms with Crippen molar-refractivity contribution in [2.24, 2.45) is 5.92 Å². The zero-order valence-corrected chi connectivity index (χ0v) is 13.7. The molecule has 3 aliphatic rings. The Morgan fingerprint density at radius 1 is 1.13 bits per heavy atom. The van der Waals surface area contributed by atoms with Crippen molar-refractivity contribution >= 4 is 11.8 Å². The Balaban J connectivity index is 1.44. The van der Waals surface area contributed by atoms with Gasteiger partial charge in [-0.05, 0) is 38.1 Å². The highest BCUT2D eigenvalue weighted by molar-refractivity contribution is 5.82. The second kappa shape index (κ2) is 8.08. The number of piperidine rings is 1. The molecule has 3 atom stereocenters. The molecule has 0 radical (unpaired) electrons. The summed E-state index contributed by atoms with van der Waals surface area (Å²) < 4.78 is 5.38. The van der Waals surface area contributed by atoms with Crippen LogP contribution >= 0.6 is 0 Å². The van der Waals surface area contributed by atoms with Gasteiger partial charge in [-0.3, -0.25) is 9.59 Å². The summed E-state index contributed by atoms with van der Waals surface area (Å²) in [5.74, 6) is 0.592. The Morgan fingerprint density at radius 3 is 2.74 bits per heavy atom. The molecule has 23 heavy (non-hydrogen) atoms. The molecule has 3 saturated heterocycles. The van der Waals surface area contributed by atoms with Crippen molar-refractivity contribution in [3.05, 3.63) is 0 Å². The number of likely N-dealkylation sites (tertiary alicyclic amines) is 1. The zero-order chi connectivity index (χ0) is 16.1. The third-order valence-corrected chi connectivity index (χ3v) is 4.99. The van der Waals surface area contributed by atoms with Gasteiger partial charge in [-0.25, -0.2) is 0 Å². The van der Waals surface area contributed by atoms with E-state index in [-0.39, 0.29) is 23.9 Å². The number of hydrogen-bond donors (Lipinski definition) is 3. The van der Waals surface area contributed by atoms with E-state index in [2.05, 4.69) is 16.0 Å². The fourth-order valence-corrected chi connectivity index (χ4v) is 3.65. The lowest BCUT2D eigenvalue weighted by Crippen LogP contribution is -2.55. The standard InChI is InChI=1S/C16H28N4O3/c21-15(13-4-1-5-17-13)19-9-12-3-2-7-20(10-12)16(22)14-11-23-8-6-18-14/h12-14,17-18H,1-11H2,(H,19,21). The van der Waals surface area contributed by atoms with Crippen LogP contribution in [0.25, 0.3) is 0 Å². The lowest BCUT2D eigenvalue weighted by Gasteiger charge is -2.36. The molecule has 3 heterocycles. The predicted octanol–water partition coefficient (Wildman–Crippen LogP) is -0.918. The number of hydrogen-bond acceptors (Lipinski definition) is 5. The molecule has 0 aromatic rings. The molecule has 0 aliphatic carbocycles. The molecule has 3 aliphatic heterocycles. The molecule has 3 fully saturated rings. The molecule has 0 saturated carbocycles. The molecular formula is C16H28N4O3. The topological polar surface area (TPSA) is 82.7 Å². The summed E-state index contributed by atoms with van der Waals surface area (Å²) in [4.78, 5) is 26.5. The van der Waals surface area contributed by atoms with Crippen molar-refractivity contribution in [1.82, 2.24) is 20.9 Å². The van der Waals surface area contributed by atoms with Crippen LogP contribution in [0.5, 0.6) is 0 Å². The van der Waals surface area contributed by atoms with E-state index in [0.29, 0.717) is 25.7 Å². The highest BCUT2D eigenvalue weighted by Gasteiger charge is 2.30. The Bertz CT molecular complexity index is 420. The quantitative estimate of drug-likeness (QED) is 0.623. The highest BCUT2D eigenvalue weighted by atomic mass is 16.5. The van der Waals surface area contributed by atoms with Gasteiger partial charge in [0.2, 0.25) is 11.8 Å². The third-order valence-electron chi connectivity index (χ3n) is 4.99. The summed E-state index contributed by atoms with van der Waals surface area (Å²) in [7, 11) is 0. The Labute approximate surface area is 137 Å². The van der Waals surface area contributed by atoms with Crippen LogP contribution in [0.1, 0.15) is 25.7 Å². The number of amides is 2. The molecule has 7 heteroatoms. The molecule has 2 amide bonds. The van der Waals surface area contributed by atoms with Gasteiger partial charge in [0.05, 0.1) is 19.3 Å². The maximum atomic E-state index is 12.5. The van der Waals surface area contributed by atoms with Crippen LogP contribution in [0.15, 0.2) is 0 Å². The molecule has 3 unspecified atom stereocenters. The monoisotopic (exact) mass is 324 g/mol. The molecule has 3 rings (SSSR count). The summed E-state index contributed by atoms with van der Waals surface area (Å²) in [6, 6.07) is -0.236. The minimum absolute atomic E-state index is 0.0279. The molecular weight excluding hydrogens is 296 g/mol. The van der Waals surface area contributed by atoms with E-state index in [9.17, 15) is 9.59 Å². The highest BCUT2D eigenvalue weighted by Crippen LogP contribution is 2.17. The Hall–Kier alpha value is -1.18. The van der Waals surface area contributed by atoms with Gasteiger partial charge in [0.15, 0.2) is 0 Å². The van der Waals surface area contributed by atoms with E-state index in [4.69, 9.17) is 4.74 Å². The van der Waals surface area contributed by atoms with E-state index in [1.165, 1.54) is 0 Å². The molecule has 3 N–H and O–H groups in total. The van der Waals surface area contributed by atoms with E-state index in [0.717, 1.165) is 51.9 Å². The van der Waals surface area contributed by atoms with Crippen LogP contribution in [0, 0.1) is 5.92 Å². The van der Waals surface area contributed by atoms with Gasteiger partial charge in [-0.15, -0.1) is 0 Å². The second-order valence-electron chi connectivity index (χ2n) is 6.77. The van der Waals surface area contributed by atoms with E-state index < -0.39 is 0 Å². The summed E-state index contributed by atoms with van der Waals surface area (Å²) in [5.41, 5.74) is 0. The molecule has 0 aromatic heterocycles. The molecule has 0 spiro atoms. The Morgan fingerprint density at radius 2 is 2.00 bits per heavy atom. The average molecular weight is 324 g/mol. The van der Waals surface area contributed by atoms with Crippen LogP contribution in [0.3, 0.4) is 0 Å². The van der Waals surface area contributed by atoms with Crippen LogP contribution in [0.2, 0.25) is 0 Å². The van der Waals surface area contributed by atoms with Crippen molar-refractivity contribution in [2.75, 3.05) is 45.9 Å². The van der Waals surface area contributed by atoms with Crippen molar-refractivity contribution in [3.63, 3.8) is 0 Å². The van der Waals surface area contributed by atoms with E-state index in [1.54, 1.807) is 0 Å². The summed E-state index contributed by atoms with van der Waals surface area (Å²) in [5, 5.41) is 9.49. The number of morpholine rings is 1. The van der Waals surface area contributed by atoms with Gasteiger partial charge in [0, 0.05) is 26.2 Å². The number of nitrogens with zero attached hydrogens (tertiary/aromatic N) is 1. The number of rotatable bonds is 4. The van der Waals surface area contributed by atoms with Crippen molar-refractivity contribution < 1.29 is 14.3 Å². The van der Waals surface area contributed by atoms with Crippen molar-refractivity contribution in [1.29, 1.82) is 0 Å². The largest absolute Gasteiger partial charge is 0.378 e. The van der Waals surface area contributed by atoms with Gasteiger partial charge in [-0.2, -0.15) is 0 Å². The SMILES string of the molecule is O=C(NCC1CCCN(C(=O)C2COCCN2)C1)C1CCCN1. The van der Waals surface area contributed by atoms with Crippen molar-refractivity contribution in [3.8, 4) is 0 Å². The smallest absolute Gasteiger partial charge is 0.242 e. The molecule has 0 bridgehead atoms. The van der Waals surface area contributed by atoms with E-state index in [1.807, 2.05) is 4.90 Å². The van der Waals surface area contributed by atoms with Crippen LogP contribution < -0.4 is 16.0 Å². The third kappa shape index (κ3) is 4.43. The number of carbonyl (C=O) groups excluding carboxylic acids is 2. The van der Waals surface area contributed by atoms with Crippen LogP contribution in [-0.2, 0) is 14.3 Å². The summed E-state index contributed by atoms with van der Waals surface area (Å²) in [6.45, 7) is 5.01. The van der Waals surface area contributed by atoms with Gasteiger partial charge >= 0.3 is 0 Å². The first kappa shape index (κ1) is 16.7. The normalized spacial score (nSPS) is 31.8. The van der Waals surface area contributed by atoms with Gasteiger partial charge in [0.25, 0.3) is 0 Å². The Kier molecular flexibility index (Phi) is 5.85. The molecule has 130 valence electrons. The van der Waals surface area contributed by atoms with Gasteiger partial charge in [-0.1, -0.05) is 0 Å². The fourth-order valence-electron chi connectivity index (χ4n) is 3.65. The average Bonchev–Trinajstić information content (AvgIpc) is 3.15. The maximum absolute atomic E-state index is 12.5. The number of carbonyl (C=O) groups is 2.